The summed E-state index contributed by atoms with van der Waals surface area (Å²) in [6.45, 7) is 1.72. The van der Waals surface area contributed by atoms with E-state index in [1.807, 2.05) is 29.2 Å². The molecule has 3 N–H and O–H groups in total. The number of amides is 2. The van der Waals surface area contributed by atoms with Gasteiger partial charge in [0.1, 0.15) is 30.1 Å². The van der Waals surface area contributed by atoms with Crippen molar-refractivity contribution in [1.82, 2.24) is 20.4 Å². The third-order valence-corrected chi connectivity index (χ3v) is 13.0. The molecule has 15 nitrogen and oxygen atoms in total. The molecule has 0 radical (unpaired) electrons. The number of carboxylic acids is 1. The number of ether oxygens (including phenoxy) is 5. The summed E-state index contributed by atoms with van der Waals surface area (Å²) in [5.41, 5.74) is 5.82. The van der Waals surface area contributed by atoms with Crippen LogP contribution in [0.4, 0.5) is 0 Å². The van der Waals surface area contributed by atoms with Crippen LogP contribution in [0.1, 0.15) is 64.2 Å². The van der Waals surface area contributed by atoms with Crippen molar-refractivity contribution in [1.29, 1.82) is 0 Å². The molecular formula is C45H56N4O11S. The Bertz CT molecular complexity index is 2050. The van der Waals surface area contributed by atoms with E-state index in [1.54, 1.807) is 21.3 Å². The third-order valence-electron chi connectivity index (χ3n) is 12.4. The van der Waals surface area contributed by atoms with Gasteiger partial charge < -0.3 is 49.2 Å². The van der Waals surface area contributed by atoms with Crippen molar-refractivity contribution in [3.8, 4) is 0 Å². The monoisotopic (exact) mass is 860 g/mol. The van der Waals surface area contributed by atoms with E-state index in [2.05, 4.69) is 33.8 Å². The van der Waals surface area contributed by atoms with Crippen LogP contribution in [0.5, 0.6) is 0 Å². The van der Waals surface area contributed by atoms with Gasteiger partial charge in [-0.3, -0.25) is 14.4 Å². The fourth-order valence-corrected chi connectivity index (χ4v) is 10.1. The molecular weight excluding hydrogens is 805 g/mol. The Morgan fingerprint density at radius 2 is 1.87 bits per heavy atom. The first-order valence-corrected chi connectivity index (χ1v) is 22.3. The number of carbonyl (C=O) groups is 3. The van der Waals surface area contributed by atoms with Crippen LogP contribution < -0.4 is 10.6 Å². The predicted octanol–water partition coefficient (Wildman–Crippen LogP) is 5.36. The van der Waals surface area contributed by atoms with Gasteiger partial charge in [-0.25, -0.2) is 4.89 Å². The molecule has 0 aromatic rings. The van der Waals surface area contributed by atoms with Crippen LogP contribution in [0.2, 0.25) is 0 Å². The first kappa shape index (κ1) is 42.9. The lowest BCUT2D eigenvalue weighted by molar-refractivity contribution is -0.200. The van der Waals surface area contributed by atoms with Crippen molar-refractivity contribution >= 4 is 29.8 Å². The van der Waals surface area contributed by atoms with Crippen LogP contribution in [0.25, 0.3) is 0 Å². The van der Waals surface area contributed by atoms with Gasteiger partial charge >= 0.3 is 5.97 Å². The molecule has 3 heterocycles. The van der Waals surface area contributed by atoms with E-state index >= 15 is 0 Å². The van der Waals surface area contributed by atoms with E-state index in [1.165, 1.54) is 11.1 Å². The summed E-state index contributed by atoms with van der Waals surface area (Å²) in [6.07, 6.45) is 21.3. The Kier molecular flexibility index (Phi) is 13.7. The quantitative estimate of drug-likeness (QED) is 0.0531. The van der Waals surface area contributed by atoms with Crippen LogP contribution in [0.3, 0.4) is 0 Å². The normalized spacial score (nSPS) is 27.0. The average Bonchev–Trinajstić information content (AvgIpc) is 3.95. The standard InChI is InChI=1S/C45H56N4O11S/c1-46-35-24-40(43(55-3)42(35)45(53)48-14-12-28-8-4-6-10-36(28)48)59-32-19-27(26-61-60-57-17-16-56-15-13-41(50)51)18-31(21-32)58-39-23-34-33(22-38(39)54-2)44(52)49-30(25-47-34)20-29-9-5-7-11-37(29)49/h8-10,18-19,22,24,30,32,34,37,42,46-47H,4-7,11-17,20-21,23,25-26H2,1-3H3,(H,50,51)/t30-,32?,34?,37?,42?/m0/s1. The molecule has 5 aliphatic carbocycles. The second-order valence-corrected chi connectivity index (χ2v) is 16.8. The smallest absolute Gasteiger partial charge is 0.305 e. The van der Waals surface area contributed by atoms with Gasteiger partial charge in [-0.05, 0) is 79.9 Å². The number of nitrogens with zero attached hydrogens (tertiary/aromatic N) is 2. The van der Waals surface area contributed by atoms with Crippen LogP contribution in [-0.2, 0) is 47.3 Å². The van der Waals surface area contributed by atoms with Gasteiger partial charge in [0.15, 0.2) is 17.3 Å². The number of nitrogens with one attached hydrogen (secondary N) is 2. The van der Waals surface area contributed by atoms with Crippen molar-refractivity contribution in [2.75, 3.05) is 59.9 Å². The topological polar surface area (TPSA) is 167 Å². The number of methoxy groups -OCH3 is 2. The summed E-state index contributed by atoms with van der Waals surface area (Å²) >= 11 is 1.08. The van der Waals surface area contributed by atoms with Crippen molar-refractivity contribution in [3.63, 3.8) is 0 Å². The maximum Gasteiger partial charge on any atom is 0.305 e. The minimum atomic E-state index is -0.927. The molecule has 3 aliphatic heterocycles. The second-order valence-electron chi connectivity index (χ2n) is 16.1. The van der Waals surface area contributed by atoms with Crippen LogP contribution in [0.15, 0.2) is 105 Å². The van der Waals surface area contributed by atoms with Gasteiger partial charge in [0.25, 0.3) is 5.91 Å². The Labute approximate surface area is 360 Å². The number of likely N-dealkylation sites (tertiary alicyclic amines) is 1. The number of carbonyl (C=O) groups excluding carboxylic acids is 2. The van der Waals surface area contributed by atoms with E-state index in [9.17, 15) is 14.4 Å². The number of rotatable bonds is 18. The molecule has 4 unspecified atom stereocenters. The van der Waals surface area contributed by atoms with Gasteiger partial charge in [0.2, 0.25) is 5.91 Å². The maximum absolute atomic E-state index is 14.2. The highest BCUT2D eigenvalue weighted by molar-refractivity contribution is 7.94. The van der Waals surface area contributed by atoms with Crippen molar-refractivity contribution in [3.05, 3.63) is 105 Å². The van der Waals surface area contributed by atoms with Gasteiger partial charge in [-0.2, -0.15) is 4.33 Å². The highest BCUT2D eigenvalue weighted by atomic mass is 32.2. The van der Waals surface area contributed by atoms with E-state index in [0.29, 0.717) is 71.7 Å². The Morgan fingerprint density at radius 3 is 2.69 bits per heavy atom. The first-order chi connectivity index (χ1) is 29.8. The second kappa shape index (κ2) is 19.5. The Hall–Kier alpha value is -4.74. The molecule has 3 saturated heterocycles. The molecule has 0 saturated carbocycles. The molecule has 16 heteroatoms. The minimum Gasteiger partial charge on any atom is -0.496 e. The molecule has 5 atom stereocenters. The summed E-state index contributed by atoms with van der Waals surface area (Å²) in [5, 5.41) is 15.7. The molecule has 0 bridgehead atoms. The summed E-state index contributed by atoms with van der Waals surface area (Å²) < 4.78 is 35.9. The SMILES string of the molecule is CNC1=CC(OC2C=C(CSOOCCOCCC(=O)O)C=C(OC3=C(OC)C=C4C(=O)N5C6CCCC=C6C[C@H]5CNC4C3)C2)=C(OC)C1C(=O)N1CCC2=CCCC=C21. The molecule has 61 heavy (non-hydrogen) atoms. The molecule has 0 aromatic carbocycles. The summed E-state index contributed by atoms with van der Waals surface area (Å²) in [6, 6.07) is 0.0501. The van der Waals surface area contributed by atoms with E-state index < -0.39 is 18.0 Å². The Morgan fingerprint density at radius 1 is 1.00 bits per heavy atom. The number of aliphatic carboxylic acids is 1. The number of hydrogen-bond donors (Lipinski definition) is 3. The zero-order chi connectivity index (χ0) is 42.5. The summed E-state index contributed by atoms with van der Waals surface area (Å²) in [5.74, 6) is 1.36. The van der Waals surface area contributed by atoms with Gasteiger partial charge in [0, 0.05) is 85.9 Å². The Balaban J connectivity index is 0.998. The molecule has 328 valence electrons. The maximum atomic E-state index is 14.2. The molecule has 3 fully saturated rings. The zero-order valence-corrected chi connectivity index (χ0v) is 35.9. The number of carboxylic acid groups (broad SMARTS) is 1. The molecule has 2 amide bonds. The number of hydrogen-bond acceptors (Lipinski definition) is 13. The molecule has 8 aliphatic rings. The molecule has 0 aromatic heterocycles. The zero-order valence-electron chi connectivity index (χ0n) is 35.1. The van der Waals surface area contributed by atoms with Gasteiger partial charge in [0.05, 0.1) is 39.9 Å². The van der Waals surface area contributed by atoms with E-state index in [0.717, 1.165) is 68.3 Å². The summed E-state index contributed by atoms with van der Waals surface area (Å²) in [4.78, 5) is 48.4. The van der Waals surface area contributed by atoms with E-state index in [-0.39, 0.29) is 56.2 Å². The lowest BCUT2D eigenvalue weighted by atomic mass is 9.92. The molecule has 8 rings (SSSR count). The van der Waals surface area contributed by atoms with E-state index in [4.69, 9.17) is 38.0 Å². The highest BCUT2D eigenvalue weighted by Crippen LogP contribution is 2.42. The fraction of sp³-hybridized carbons (Fsp3) is 0.533. The third kappa shape index (κ3) is 9.38. The van der Waals surface area contributed by atoms with Gasteiger partial charge in [-0.15, -0.1) is 0 Å². The fourth-order valence-electron chi connectivity index (χ4n) is 9.56. The van der Waals surface area contributed by atoms with Crippen LogP contribution in [-0.4, -0.2) is 117 Å². The first-order valence-electron chi connectivity index (χ1n) is 21.3. The number of allylic oxidation sites excluding steroid dienone is 7. The lowest BCUT2D eigenvalue weighted by Gasteiger charge is -2.32. The summed E-state index contributed by atoms with van der Waals surface area (Å²) in [7, 11) is 4.95. The lowest BCUT2D eigenvalue weighted by Crippen LogP contribution is -2.43. The van der Waals surface area contributed by atoms with Crippen molar-refractivity contribution < 1.29 is 52.4 Å². The van der Waals surface area contributed by atoms with Crippen LogP contribution >= 0.6 is 12.0 Å². The average molecular weight is 861 g/mol. The number of fused-ring (bicyclic) bond motifs is 5. The predicted molar refractivity (Wildman–Crippen MR) is 225 cm³/mol. The highest BCUT2D eigenvalue weighted by Gasteiger charge is 2.46. The minimum absolute atomic E-state index is 0.0622. The van der Waals surface area contributed by atoms with Crippen molar-refractivity contribution in [2.45, 2.75) is 88.4 Å². The molecule has 0 spiro atoms. The van der Waals surface area contributed by atoms with Crippen LogP contribution in [0, 0.1) is 5.92 Å². The largest absolute Gasteiger partial charge is 0.496 e. The van der Waals surface area contributed by atoms with Crippen molar-refractivity contribution in [2.24, 2.45) is 5.92 Å². The van der Waals surface area contributed by atoms with Gasteiger partial charge in [-0.1, -0.05) is 18.2 Å².